The van der Waals surface area contributed by atoms with Crippen LogP contribution in [0.4, 0.5) is 0 Å². The van der Waals surface area contributed by atoms with Gasteiger partial charge in [0, 0.05) is 11.3 Å². The summed E-state index contributed by atoms with van der Waals surface area (Å²) < 4.78 is 1.17. The van der Waals surface area contributed by atoms with E-state index in [4.69, 9.17) is 5.11 Å². The third-order valence-electron chi connectivity index (χ3n) is 2.17. The summed E-state index contributed by atoms with van der Waals surface area (Å²) in [6.45, 7) is 1.86. The average molecular weight is 306 g/mol. The van der Waals surface area contributed by atoms with Gasteiger partial charge in [-0.3, -0.25) is 4.79 Å². The number of halogens is 1. The van der Waals surface area contributed by atoms with Gasteiger partial charge in [-0.25, -0.2) is 0 Å². The molecule has 0 aliphatic carbocycles. The van der Waals surface area contributed by atoms with E-state index in [0.717, 1.165) is 32.4 Å². The van der Waals surface area contributed by atoms with Crippen LogP contribution in [-0.4, -0.2) is 24.2 Å². The molecule has 2 N–H and O–H groups in total. The molecule has 0 aromatic carbocycles. The highest BCUT2D eigenvalue weighted by Gasteiger charge is 1.98. The molecule has 1 aromatic heterocycles. The van der Waals surface area contributed by atoms with E-state index in [-0.39, 0.29) is 6.42 Å². The van der Waals surface area contributed by atoms with Gasteiger partial charge in [0.05, 0.1) is 3.79 Å². The van der Waals surface area contributed by atoms with Gasteiger partial charge in [0.2, 0.25) is 0 Å². The average Bonchev–Trinajstić information content (AvgIpc) is 2.62. The third-order valence-corrected chi connectivity index (χ3v) is 3.85. The number of aliphatic carboxylic acids is 1. The Kier molecular flexibility index (Phi) is 6.68. The maximum atomic E-state index is 10.3. The maximum Gasteiger partial charge on any atom is 0.303 e. The molecule has 90 valence electrons. The van der Waals surface area contributed by atoms with E-state index in [2.05, 4.69) is 33.4 Å². The standard InChI is InChI=1S/C11H16BrNO2S/c12-10-5-4-9(16-10)6-8-13-7-2-1-3-11(14)15/h4-5,13H,1-3,6-8H2,(H,14,15). The molecule has 0 spiro atoms. The fourth-order valence-corrected chi connectivity index (χ4v) is 2.83. The van der Waals surface area contributed by atoms with Crippen molar-refractivity contribution in [3.05, 3.63) is 20.8 Å². The van der Waals surface area contributed by atoms with Crippen molar-refractivity contribution in [1.29, 1.82) is 0 Å². The lowest BCUT2D eigenvalue weighted by atomic mass is 10.2. The van der Waals surface area contributed by atoms with Crippen LogP contribution in [0.1, 0.15) is 24.1 Å². The van der Waals surface area contributed by atoms with Crippen LogP contribution in [0.3, 0.4) is 0 Å². The molecule has 0 saturated heterocycles. The lowest BCUT2D eigenvalue weighted by molar-refractivity contribution is -0.137. The predicted octanol–water partition coefficient (Wildman–Crippen LogP) is 2.90. The number of thiophene rings is 1. The Morgan fingerprint density at radius 1 is 1.38 bits per heavy atom. The van der Waals surface area contributed by atoms with Gasteiger partial charge in [0.1, 0.15) is 0 Å². The predicted molar refractivity (Wildman–Crippen MR) is 70.1 cm³/mol. The second-order valence-corrected chi connectivity index (χ2v) is 6.10. The molecule has 0 bridgehead atoms. The van der Waals surface area contributed by atoms with Gasteiger partial charge in [-0.15, -0.1) is 11.3 Å². The maximum absolute atomic E-state index is 10.3. The van der Waals surface area contributed by atoms with E-state index < -0.39 is 5.97 Å². The van der Waals surface area contributed by atoms with Crippen LogP contribution in [-0.2, 0) is 11.2 Å². The molecule has 0 radical (unpaired) electrons. The van der Waals surface area contributed by atoms with Crippen LogP contribution in [0.2, 0.25) is 0 Å². The quantitative estimate of drug-likeness (QED) is 0.726. The molecule has 16 heavy (non-hydrogen) atoms. The minimum absolute atomic E-state index is 0.277. The Morgan fingerprint density at radius 3 is 2.81 bits per heavy atom. The first-order chi connectivity index (χ1) is 7.68. The summed E-state index contributed by atoms with van der Waals surface area (Å²) in [7, 11) is 0. The molecule has 0 amide bonds. The summed E-state index contributed by atoms with van der Waals surface area (Å²) in [6.07, 6.45) is 3.00. The van der Waals surface area contributed by atoms with E-state index in [0.29, 0.717) is 0 Å². The van der Waals surface area contributed by atoms with Crippen molar-refractivity contribution in [1.82, 2.24) is 5.32 Å². The molecule has 1 heterocycles. The SMILES string of the molecule is O=C(O)CCCCNCCc1ccc(Br)s1. The molecule has 0 aliphatic heterocycles. The van der Waals surface area contributed by atoms with E-state index in [9.17, 15) is 4.79 Å². The molecular weight excluding hydrogens is 290 g/mol. The van der Waals surface area contributed by atoms with Crippen molar-refractivity contribution >= 4 is 33.2 Å². The summed E-state index contributed by atoms with van der Waals surface area (Å²) in [5, 5.41) is 11.8. The van der Waals surface area contributed by atoms with Crippen molar-refractivity contribution in [2.45, 2.75) is 25.7 Å². The van der Waals surface area contributed by atoms with Crippen molar-refractivity contribution in [3.63, 3.8) is 0 Å². The highest BCUT2D eigenvalue weighted by Crippen LogP contribution is 2.21. The summed E-state index contributed by atoms with van der Waals surface area (Å²) >= 11 is 5.19. The van der Waals surface area contributed by atoms with E-state index in [1.807, 2.05) is 0 Å². The topological polar surface area (TPSA) is 49.3 Å². The molecule has 0 atom stereocenters. The number of hydrogen-bond donors (Lipinski definition) is 2. The summed E-state index contributed by atoms with van der Waals surface area (Å²) in [5.41, 5.74) is 0. The number of hydrogen-bond acceptors (Lipinski definition) is 3. The molecule has 0 fully saturated rings. The van der Waals surface area contributed by atoms with Gasteiger partial charge < -0.3 is 10.4 Å². The van der Waals surface area contributed by atoms with Crippen LogP contribution in [0.25, 0.3) is 0 Å². The summed E-state index contributed by atoms with van der Waals surface area (Å²) in [4.78, 5) is 11.6. The van der Waals surface area contributed by atoms with Crippen LogP contribution < -0.4 is 5.32 Å². The van der Waals surface area contributed by atoms with Crippen LogP contribution in [0.15, 0.2) is 15.9 Å². The molecule has 3 nitrogen and oxygen atoms in total. The van der Waals surface area contributed by atoms with Gasteiger partial charge in [-0.1, -0.05) is 0 Å². The van der Waals surface area contributed by atoms with Crippen molar-refractivity contribution in [2.75, 3.05) is 13.1 Å². The molecule has 0 saturated carbocycles. The fraction of sp³-hybridized carbons (Fsp3) is 0.545. The van der Waals surface area contributed by atoms with Crippen molar-refractivity contribution < 1.29 is 9.90 Å². The first kappa shape index (κ1) is 13.7. The Labute approximate surface area is 108 Å². The Hall–Kier alpha value is -0.390. The lowest BCUT2D eigenvalue weighted by Crippen LogP contribution is -2.18. The zero-order chi connectivity index (χ0) is 11.8. The van der Waals surface area contributed by atoms with Gasteiger partial charge in [-0.05, 0) is 60.4 Å². The Bertz CT molecular complexity index is 328. The highest BCUT2D eigenvalue weighted by molar-refractivity contribution is 9.11. The number of carboxylic acids is 1. The van der Waals surface area contributed by atoms with Gasteiger partial charge in [-0.2, -0.15) is 0 Å². The molecule has 1 rings (SSSR count). The smallest absolute Gasteiger partial charge is 0.303 e. The minimum atomic E-state index is -0.705. The van der Waals surface area contributed by atoms with Crippen molar-refractivity contribution in [3.8, 4) is 0 Å². The first-order valence-corrected chi connectivity index (χ1v) is 6.96. The largest absolute Gasteiger partial charge is 0.481 e. The zero-order valence-electron chi connectivity index (χ0n) is 9.04. The van der Waals surface area contributed by atoms with Crippen LogP contribution >= 0.6 is 27.3 Å². The molecule has 5 heteroatoms. The second-order valence-electron chi connectivity index (χ2n) is 3.56. The van der Waals surface area contributed by atoms with Gasteiger partial charge in [0.25, 0.3) is 0 Å². The number of carbonyl (C=O) groups is 1. The second kappa shape index (κ2) is 7.81. The number of unbranched alkanes of at least 4 members (excludes halogenated alkanes) is 1. The molecule has 1 aromatic rings. The van der Waals surface area contributed by atoms with E-state index >= 15 is 0 Å². The normalized spacial score (nSPS) is 10.6. The van der Waals surface area contributed by atoms with Crippen LogP contribution in [0.5, 0.6) is 0 Å². The Morgan fingerprint density at radius 2 is 2.19 bits per heavy atom. The number of nitrogens with one attached hydrogen (secondary N) is 1. The minimum Gasteiger partial charge on any atom is -0.481 e. The van der Waals surface area contributed by atoms with Gasteiger partial charge in [0.15, 0.2) is 0 Å². The van der Waals surface area contributed by atoms with Gasteiger partial charge >= 0.3 is 5.97 Å². The van der Waals surface area contributed by atoms with E-state index in [1.54, 1.807) is 11.3 Å². The van der Waals surface area contributed by atoms with Crippen molar-refractivity contribution in [2.24, 2.45) is 0 Å². The molecule has 0 aliphatic rings. The van der Waals surface area contributed by atoms with E-state index in [1.165, 1.54) is 8.66 Å². The molecular formula is C11H16BrNO2S. The number of carboxylic acid groups (broad SMARTS) is 1. The lowest BCUT2D eigenvalue weighted by Gasteiger charge is -2.02. The third kappa shape index (κ3) is 6.25. The number of rotatable bonds is 8. The highest BCUT2D eigenvalue weighted by atomic mass is 79.9. The molecule has 0 unspecified atom stereocenters. The summed E-state index contributed by atoms with van der Waals surface area (Å²) in [6, 6.07) is 4.19. The van der Waals surface area contributed by atoms with Crippen LogP contribution in [0, 0.1) is 0 Å². The first-order valence-electron chi connectivity index (χ1n) is 5.35. The fourth-order valence-electron chi connectivity index (χ4n) is 1.35. The zero-order valence-corrected chi connectivity index (χ0v) is 11.4. The summed E-state index contributed by atoms with van der Waals surface area (Å²) in [5.74, 6) is -0.705. The monoisotopic (exact) mass is 305 g/mol. The Balaban J connectivity index is 1.94.